The number of nitrogens with one attached hydrogen (secondary N) is 1. The second kappa shape index (κ2) is 7.77. The zero-order valence-electron chi connectivity index (χ0n) is 12.7. The summed E-state index contributed by atoms with van der Waals surface area (Å²) in [5.41, 5.74) is 3.15. The van der Waals surface area contributed by atoms with Crippen molar-refractivity contribution < 1.29 is 14.3 Å². The molecular formula is C15H22N4O3. The first-order valence-corrected chi connectivity index (χ1v) is 7.32. The molecule has 120 valence electrons. The van der Waals surface area contributed by atoms with Gasteiger partial charge >= 0.3 is 5.97 Å². The van der Waals surface area contributed by atoms with Gasteiger partial charge in [0.05, 0.1) is 6.54 Å². The maximum atomic E-state index is 11.8. The van der Waals surface area contributed by atoms with Crippen LogP contribution in [-0.4, -0.2) is 55.6 Å². The minimum absolute atomic E-state index is 0.185. The van der Waals surface area contributed by atoms with Crippen LogP contribution >= 0.6 is 0 Å². The quantitative estimate of drug-likeness (QED) is 0.337. The van der Waals surface area contributed by atoms with Gasteiger partial charge in [0.2, 0.25) is 0 Å². The Hall–Kier alpha value is -2.12. The van der Waals surface area contributed by atoms with Gasteiger partial charge in [-0.1, -0.05) is 18.2 Å². The molecule has 1 atom stereocenters. The van der Waals surface area contributed by atoms with Crippen molar-refractivity contribution in [2.24, 2.45) is 5.84 Å². The third-order valence-corrected chi connectivity index (χ3v) is 3.67. The second-order valence-electron chi connectivity index (χ2n) is 5.24. The van der Waals surface area contributed by atoms with Crippen LogP contribution in [0.1, 0.15) is 6.92 Å². The van der Waals surface area contributed by atoms with E-state index >= 15 is 0 Å². The van der Waals surface area contributed by atoms with Gasteiger partial charge < -0.3 is 9.64 Å². The standard InChI is InChI=1S/C15H22N4O3/c1-12(15(21)17-16)22-14(20)11-18-7-9-19(10-8-18)13-5-3-2-4-6-13/h2-6,12H,7-11,16H2,1H3,(H,17,21)/t12-/m1/s1. The summed E-state index contributed by atoms with van der Waals surface area (Å²) < 4.78 is 5.03. The Balaban J connectivity index is 1.75. The molecule has 1 aliphatic heterocycles. The van der Waals surface area contributed by atoms with Crippen LogP contribution in [0.3, 0.4) is 0 Å². The number of hydrazine groups is 1. The number of nitrogens with two attached hydrogens (primary N) is 1. The zero-order chi connectivity index (χ0) is 15.9. The zero-order valence-corrected chi connectivity index (χ0v) is 12.7. The molecule has 1 aromatic rings. The summed E-state index contributed by atoms with van der Waals surface area (Å²) in [6.45, 7) is 4.95. The molecule has 0 aliphatic carbocycles. The maximum Gasteiger partial charge on any atom is 0.320 e. The lowest BCUT2D eigenvalue weighted by Gasteiger charge is -2.35. The molecule has 22 heavy (non-hydrogen) atoms. The Morgan fingerprint density at radius 1 is 1.23 bits per heavy atom. The van der Waals surface area contributed by atoms with E-state index in [1.54, 1.807) is 0 Å². The van der Waals surface area contributed by atoms with Crippen molar-refractivity contribution in [1.82, 2.24) is 10.3 Å². The number of rotatable bonds is 5. The first kappa shape index (κ1) is 16.3. The van der Waals surface area contributed by atoms with Crippen molar-refractivity contribution in [3.05, 3.63) is 30.3 Å². The lowest BCUT2D eigenvalue weighted by molar-refractivity contribution is -0.155. The molecule has 1 saturated heterocycles. The summed E-state index contributed by atoms with van der Waals surface area (Å²) in [5.74, 6) is 4.07. The van der Waals surface area contributed by atoms with Gasteiger partial charge in [-0.15, -0.1) is 0 Å². The average molecular weight is 306 g/mol. The Morgan fingerprint density at radius 3 is 2.45 bits per heavy atom. The number of piperazine rings is 1. The first-order chi connectivity index (χ1) is 10.6. The van der Waals surface area contributed by atoms with E-state index in [1.165, 1.54) is 12.6 Å². The van der Waals surface area contributed by atoms with E-state index in [-0.39, 0.29) is 6.54 Å². The SMILES string of the molecule is C[C@@H](OC(=O)CN1CCN(c2ccccc2)CC1)C(=O)NN. The fourth-order valence-corrected chi connectivity index (χ4v) is 2.39. The molecule has 1 aromatic carbocycles. The molecule has 0 saturated carbocycles. The summed E-state index contributed by atoms with van der Waals surface area (Å²) in [4.78, 5) is 27.3. The van der Waals surface area contributed by atoms with E-state index in [0.29, 0.717) is 0 Å². The highest BCUT2D eigenvalue weighted by molar-refractivity contribution is 5.83. The van der Waals surface area contributed by atoms with Gasteiger partial charge in [0.25, 0.3) is 5.91 Å². The Labute approximate surface area is 130 Å². The van der Waals surface area contributed by atoms with Gasteiger partial charge in [0.15, 0.2) is 6.10 Å². The topological polar surface area (TPSA) is 87.9 Å². The maximum absolute atomic E-state index is 11.8. The Bertz CT molecular complexity index is 501. The van der Waals surface area contributed by atoms with Crippen molar-refractivity contribution in [2.75, 3.05) is 37.6 Å². The van der Waals surface area contributed by atoms with Crippen molar-refractivity contribution in [1.29, 1.82) is 0 Å². The summed E-state index contributed by atoms with van der Waals surface area (Å²) >= 11 is 0. The van der Waals surface area contributed by atoms with Gasteiger partial charge in [-0.3, -0.25) is 19.9 Å². The van der Waals surface area contributed by atoms with Crippen LogP contribution in [0, 0.1) is 0 Å². The summed E-state index contributed by atoms with van der Waals surface area (Å²) in [6, 6.07) is 10.2. The summed E-state index contributed by atoms with van der Waals surface area (Å²) in [5, 5.41) is 0. The normalized spacial score (nSPS) is 16.9. The van der Waals surface area contributed by atoms with Crippen LogP contribution in [0.25, 0.3) is 0 Å². The number of benzene rings is 1. The van der Waals surface area contributed by atoms with E-state index in [2.05, 4.69) is 17.0 Å². The molecule has 1 heterocycles. The molecule has 0 unspecified atom stereocenters. The van der Waals surface area contributed by atoms with Crippen molar-refractivity contribution in [3.63, 3.8) is 0 Å². The van der Waals surface area contributed by atoms with Gasteiger partial charge in [-0.25, -0.2) is 5.84 Å². The van der Waals surface area contributed by atoms with E-state index in [0.717, 1.165) is 26.2 Å². The minimum Gasteiger partial charge on any atom is -0.452 e. The second-order valence-corrected chi connectivity index (χ2v) is 5.24. The fourth-order valence-electron chi connectivity index (χ4n) is 2.39. The highest BCUT2D eigenvalue weighted by Gasteiger charge is 2.22. The number of amides is 1. The number of ether oxygens (including phenoxy) is 1. The molecule has 7 nitrogen and oxygen atoms in total. The van der Waals surface area contributed by atoms with Crippen LogP contribution in [0.15, 0.2) is 30.3 Å². The molecule has 1 fully saturated rings. The van der Waals surface area contributed by atoms with E-state index in [1.807, 2.05) is 28.5 Å². The molecule has 2 rings (SSSR count). The molecule has 1 aliphatic rings. The fraction of sp³-hybridized carbons (Fsp3) is 0.467. The number of esters is 1. The van der Waals surface area contributed by atoms with Crippen LogP contribution in [0.4, 0.5) is 5.69 Å². The summed E-state index contributed by atoms with van der Waals surface area (Å²) in [6.07, 6.45) is -0.872. The van der Waals surface area contributed by atoms with Gasteiger partial charge in [0, 0.05) is 31.9 Å². The lowest BCUT2D eigenvalue weighted by Crippen LogP contribution is -2.49. The molecule has 3 N–H and O–H groups in total. The number of nitrogens with zero attached hydrogens (tertiary/aromatic N) is 2. The van der Waals surface area contributed by atoms with Gasteiger partial charge in [-0.05, 0) is 19.1 Å². The molecule has 0 bridgehead atoms. The molecular weight excluding hydrogens is 284 g/mol. The smallest absolute Gasteiger partial charge is 0.320 e. The van der Waals surface area contributed by atoms with E-state index in [9.17, 15) is 9.59 Å². The molecule has 0 aromatic heterocycles. The monoisotopic (exact) mass is 306 g/mol. The number of hydrogen-bond acceptors (Lipinski definition) is 6. The van der Waals surface area contributed by atoms with Crippen molar-refractivity contribution in [3.8, 4) is 0 Å². The number of para-hydroxylation sites is 1. The number of carbonyl (C=O) groups is 2. The Morgan fingerprint density at radius 2 is 1.86 bits per heavy atom. The van der Waals surface area contributed by atoms with Crippen LogP contribution < -0.4 is 16.2 Å². The predicted octanol–water partition coefficient (Wildman–Crippen LogP) is -0.270. The van der Waals surface area contributed by atoms with Crippen LogP contribution in [-0.2, 0) is 14.3 Å². The van der Waals surface area contributed by atoms with E-state index in [4.69, 9.17) is 10.6 Å². The summed E-state index contributed by atoms with van der Waals surface area (Å²) in [7, 11) is 0. The lowest BCUT2D eigenvalue weighted by atomic mass is 10.2. The van der Waals surface area contributed by atoms with Crippen molar-refractivity contribution >= 4 is 17.6 Å². The third-order valence-electron chi connectivity index (χ3n) is 3.67. The first-order valence-electron chi connectivity index (χ1n) is 7.32. The van der Waals surface area contributed by atoms with Crippen molar-refractivity contribution in [2.45, 2.75) is 13.0 Å². The van der Waals surface area contributed by atoms with Crippen LogP contribution in [0.5, 0.6) is 0 Å². The van der Waals surface area contributed by atoms with Gasteiger partial charge in [-0.2, -0.15) is 0 Å². The highest BCUT2D eigenvalue weighted by Crippen LogP contribution is 2.15. The minimum atomic E-state index is -0.872. The number of carbonyl (C=O) groups excluding carboxylic acids is 2. The molecule has 7 heteroatoms. The molecule has 0 radical (unpaired) electrons. The Kier molecular flexibility index (Phi) is 5.74. The molecule has 1 amide bonds. The predicted molar refractivity (Wildman–Crippen MR) is 83.0 cm³/mol. The number of hydrogen-bond donors (Lipinski definition) is 2. The molecule has 0 spiro atoms. The average Bonchev–Trinajstić information content (AvgIpc) is 2.55. The van der Waals surface area contributed by atoms with Crippen LogP contribution in [0.2, 0.25) is 0 Å². The third kappa shape index (κ3) is 4.44. The van der Waals surface area contributed by atoms with E-state index < -0.39 is 18.0 Å². The largest absolute Gasteiger partial charge is 0.452 e. The highest BCUT2D eigenvalue weighted by atomic mass is 16.5. The number of anilines is 1. The van der Waals surface area contributed by atoms with Gasteiger partial charge in [0.1, 0.15) is 0 Å².